The maximum absolute atomic E-state index is 4.57. The van der Waals surface area contributed by atoms with E-state index in [1.807, 2.05) is 7.05 Å². The molecule has 3 aliphatic rings. The first-order valence-electron chi connectivity index (χ1n) is 11.6. The Hall–Kier alpha value is 0.270. The van der Waals surface area contributed by atoms with E-state index >= 15 is 0 Å². The summed E-state index contributed by atoms with van der Waals surface area (Å²) in [6.45, 7) is 11.8. The number of thioether (sulfide) groups is 1. The highest BCUT2D eigenvalue weighted by atomic mass is 127. The van der Waals surface area contributed by atoms with E-state index in [2.05, 4.69) is 51.0 Å². The fourth-order valence-corrected chi connectivity index (χ4v) is 6.17. The van der Waals surface area contributed by atoms with Gasteiger partial charge in [0.15, 0.2) is 5.96 Å². The minimum Gasteiger partial charge on any atom is -0.355 e. The summed E-state index contributed by atoms with van der Waals surface area (Å²) in [4.78, 5) is 9.98. The van der Waals surface area contributed by atoms with Gasteiger partial charge in [-0.3, -0.25) is 9.89 Å². The number of hydrogen-bond donors (Lipinski definition) is 2. The lowest BCUT2D eigenvalue weighted by Gasteiger charge is -2.48. The van der Waals surface area contributed by atoms with Crippen molar-refractivity contribution in [1.29, 1.82) is 0 Å². The molecule has 0 amide bonds. The van der Waals surface area contributed by atoms with Crippen molar-refractivity contribution in [3.8, 4) is 0 Å². The van der Waals surface area contributed by atoms with Crippen LogP contribution in [0.25, 0.3) is 0 Å². The van der Waals surface area contributed by atoms with Crippen molar-refractivity contribution in [2.24, 2.45) is 10.9 Å². The number of rotatable bonds is 6. The number of likely N-dealkylation sites (tertiary alicyclic amines) is 1. The molecule has 0 radical (unpaired) electrons. The van der Waals surface area contributed by atoms with Crippen LogP contribution in [0.4, 0.5) is 0 Å². The van der Waals surface area contributed by atoms with Crippen LogP contribution in [0, 0.1) is 5.92 Å². The molecule has 0 unspecified atom stereocenters. The Morgan fingerprint density at radius 1 is 1.07 bits per heavy atom. The Morgan fingerprint density at radius 2 is 1.72 bits per heavy atom. The molecule has 2 saturated heterocycles. The van der Waals surface area contributed by atoms with E-state index in [9.17, 15) is 0 Å². The van der Waals surface area contributed by atoms with Crippen LogP contribution in [-0.4, -0.2) is 85.2 Å². The van der Waals surface area contributed by atoms with E-state index in [-0.39, 0.29) is 24.0 Å². The summed E-state index contributed by atoms with van der Waals surface area (Å²) in [5, 5.41) is 7.47. The first-order chi connectivity index (χ1) is 13.6. The monoisotopic (exact) mass is 537 g/mol. The summed E-state index contributed by atoms with van der Waals surface area (Å²) < 4.78 is 0. The SMILES string of the molecule is CN=C(NCC1(N2CCSCC2)CCCCC1)NC1CCN(CC(C)C)CC1.I. The molecule has 7 heteroatoms. The van der Waals surface area contributed by atoms with Crippen molar-refractivity contribution in [2.45, 2.75) is 70.4 Å². The van der Waals surface area contributed by atoms with E-state index in [1.165, 1.54) is 89.2 Å². The molecule has 0 aromatic carbocycles. The molecule has 2 aliphatic heterocycles. The van der Waals surface area contributed by atoms with Gasteiger partial charge in [-0.25, -0.2) is 0 Å². The Balaban J connectivity index is 0.00000300. The number of halogens is 1. The van der Waals surface area contributed by atoms with Gasteiger partial charge in [0, 0.05) is 69.4 Å². The van der Waals surface area contributed by atoms with Gasteiger partial charge in [0.1, 0.15) is 0 Å². The standard InChI is InChI=1S/C22H43N5S.HI/c1-19(2)17-26-11-7-20(8-12-26)25-21(23-3)24-18-22(9-5-4-6-10-22)27-13-15-28-16-14-27;/h19-20H,4-18H2,1-3H3,(H2,23,24,25);1H. The van der Waals surface area contributed by atoms with Crippen molar-refractivity contribution >= 4 is 41.7 Å². The van der Waals surface area contributed by atoms with Gasteiger partial charge in [0.2, 0.25) is 0 Å². The number of nitrogens with zero attached hydrogens (tertiary/aromatic N) is 3. The van der Waals surface area contributed by atoms with Crippen LogP contribution in [0.3, 0.4) is 0 Å². The molecule has 2 heterocycles. The number of aliphatic imine (C=N–C) groups is 1. The third-order valence-electron chi connectivity index (χ3n) is 6.83. The Bertz CT molecular complexity index is 482. The largest absolute Gasteiger partial charge is 0.355 e. The number of guanidine groups is 1. The lowest BCUT2D eigenvalue weighted by atomic mass is 9.80. The molecule has 5 nitrogen and oxygen atoms in total. The molecular weight excluding hydrogens is 493 g/mol. The minimum atomic E-state index is 0. The average Bonchev–Trinajstić information content (AvgIpc) is 2.73. The second kappa shape index (κ2) is 13.0. The van der Waals surface area contributed by atoms with Gasteiger partial charge in [-0.15, -0.1) is 24.0 Å². The van der Waals surface area contributed by atoms with Crippen molar-refractivity contribution in [2.75, 3.05) is 57.8 Å². The normalized spacial score (nSPS) is 24.9. The van der Waals surface area contributed by atoms with E-state index in [0.717, 1.165) is 18.4 Å². The number of hydrogen-bond acceptors (Lipinski definition) is 4. The number of nitrogens with one attached hydrogen (secondary N) is 2. The molecule has 0 aromatic heterocycles. The summed E-state index contributed by atoms with van der Waals surface area (Å²) in [6, 6.07) is 0.559. The van der Waals surface area contributed by atoms with E-state index in [4.69, 9.17) is 0 Å². The maximum Gasteiger partial charge on any atom is 0.191 e. The van der Waals surface area contributed by atoms with Crippen molar-refractivity contribution in [3.05, 3.63) is 0 Å². The van der Waals surface area contributed by atoms with Gasteiger partial charge in [0.25, 0.3) is 0 Å². The maximum atomic E-state index is 4.57. The average molecular weight is 538 g/mol. The van der Waals surface area contributed by atoms with Gasteiger partial charge < -0.3 is 15.5 Å². The highest BCUT2D eigenvalue weighted by molar-refractivity contribution is 14.0. The summed E-state index contributed by atoms with van der Waals surface area (Å²) >= 11 is 2.12. The van der Waals surface area contributed by atoms with Crippen LogP contribution in [0.2, 0.25) is 0 Å². The summed E-state index contributed by atoms with van der Waals surface area (Å²) in [7, 11) is 1.92. The van der Waals surface area contributed by atoms with Gasteiger partial charge in [-0.05, 0) is 31.6 Å². The van der Waals surface area contributed by atoms with Gasteiger partial charge in [0.05, 0.1) is 0 Å². The van der Waals surface area contributed by atoms with Crippen LogP contribution in [0.1, 0.15) is 58.8 Å². The first-order valence-corrected chi connectivity index (χ1v) is 12.8. The Morgan fingerprint density at radius 3 is 2.31 bits per heavy atom. The number of piperidine rings is 1. The van der Waals surface area contributed by atoms with Gasteiger partial charge in [-0.2, -0.15) is 11.8 Å². The fourth-order valence-electron chi connectivity index (χ4n) is 5.26. The topological polar surface area (TPSA) is 42.9 Å². The molecule has 1 aliphatic carbocycles. The van der Waals surface area contributed by atoms with Crippen molar-refractivity contribution in [3.63, 3.8) is 0 Å². The van der Waals surface area contributed by atoms with Gasteiger partial charge in [-0.1, -0.05) is 33.1 Å². The van der Waals surface area contributed by atoms with E-state index < -0.39 is 0 Å². The summed E-state index contributed by atoms with van der Waals surface area (Å²) in [5.74, 6) is 4.37. The predicted octanol–water partition coefficient (Wildman–Crippen LogP) is 3.64. The molecule has 3 rings (SSSR count). The van der Waals surface area contributed by atoms with Crippen molar-refractivity contribution < 1.29 is 0 Å². The molecule has 0 aromatic rings. The first kappa shape index (κ1) is 25.5. The third-order valence-corrected chi connectivity index (χ3v) is 7.77. The zero-order valence-corrected chi connectivity index (χ0v) is 22.1. The lowest BCUT2D eigenvalue weighted by Crippen LogP contribution is -2.60. The van der Waals surface area contributed by atoms with Crippen LogP contribution in [0.15, 0.2) is 4.99 Å². The zero-order chi connectivity index (χ0) is 19.8. The molecular formula is C22H44IN5S. The molecule has 2 N–H and O–H groups in total. The fraction of sp³-hybridized carbons (Fsp3) is 0.955. The van der Waals surface area contributed by atoms with Gasteiger partial charge >= 0.3 is 0 Å². The lowest BCUT2D eigenvalue weighted by molar-refractivity contribution is 0.0625. The Kier molecular flexibility index (Phi) is 11.4. The molecule has 0 atom stereocenters. The second-order valence-electron chi connectivity index (χ2n) is 9.42. The molecule has 0 spiro atoms. The smallest absolute Gasteiger partial charge is 0.191 e. The highest BCUT2D eigenvalue weighted by Gasteiger charge is 2.38. The molecule has 29 heavy (non-hydrogen) atoms. The third kappa shape index (κ3) is 7.72. The molecule has 170 valence electrons. The summed E-state index contributed by atoms with van der Waals surface area (Å²) in [6.07, 6.45) is 9.30. The molecule has 0 bridgehead atoms. The van der Waals surface area contributed by atoms with E-state index in [1.54, 1.807) is 0 Å². The summed E-state index contributed by atoms with van der Waals surface area (Å²) in [5.41, 5.74) is 0.345. The predicted molar refractivity (Wildman–Crippen MR) is 139 cm³/mol. The van der Waals surface area contributed by atoms with Crippen LogP contribution < -0.4 is 10.6 Å². The van der Waals surface area contributed by atoms with Crippen molar-refractivity contribution in [1.82, 2.24) is 20.4 Å². The minimum absolute atomic E-state index is 0. The highest BCUT2D eigenvalue weighted by Crippen LogP contribution is 2.34. The molecule has 3 fully saturated rings. The Labute approximate surface area is 200 Å². The van der Waals surface area contributed by atoms with Crippen LogP contribution in [-0.2, 0) is 0 Å². The van der Waals surface area contributed by atoms with Crippen LogP contribution in [0.5, 0.6) is 0 Å². The van der Waals surface area contributed by atoms with Crippen LogP contribution >= 0.6 is 35.7 Å². The molecule has 1 saturated carbocycles. The quantitative estimate of drug-likeness (QED) is 0.308. The van der Waals surface area contributed by atoms with E-state index in [0.29, 0.717) is 11.6 Å². The second-order valence-corrected chi connectivity index (χ2v) is 10.6. The zero-order valence-electron chi connectivity index (χ0n) is 18.9.